The van der Waals surface area contributed by atoms with Gasteiger partial charge in [0, 0.05) is 16.7 Å². The van der Waals surface area contributed by atoms with Gasteiger partial charge in [0.2, 0.25) is 0 Å². The second-order valence-electron chi connectivity index (χ2n) is 3.39. The van der Waals surface area contributed by atoms with Crippen molar-refractivity contribution in [3.05, 3.63) is 28.2 Å². The summed E-state index contributed by atoms with van der Waals surface area (Å²) in [5.41, 5.74) is 2.13. The van der Waals surface area contributed by atoms with E-state index in [4.69, 9.17) is 0 Å². The highest BCUT2D eigenvalue weighted by atomic mass is 79.9. The number of carbonyl (C=O) groups excluding carboxylic acids is 1. The summed E-state index contributed by atoms with van der Waals surface area (Å²) in [5, 5.41) is 3.16. The first kappa shape index (κ1) is 13.5. The number of hydrogen-bond donors (Lipinski definition) is 1. The molecule has 0 fully saturated rings. The quantitative estimate of drug-likeness (QED) is 0.669. The van der Waals surface area contributed by atoms with Crippen LogP contribution in [0.15, 0.2) is 22.7 Å². The third-order valence-corrected chi connectivity index (χ3v) is 3.14. The Labute approximate surface area is 112 Å². The molecule has 16 heavy (non-hydrogen) atoms. The van der Waals surface area contributed by atoms with Crippen molar-refractivity contribution in [1.82, 2.24) is 0 Å². The summed E-state index contributed by atoms with van der Waals surface area (Å²) in [6.07, 6.45) is 0. The zero-order valence-corrected chi connectivity index (χ0v) is 12.3. The van der Waals surface area contributed by atoms with Crippen molar-refractivity contribution in [3.63, 3.8) is 0 Å². The SMILES string of the molecule is COC(=O)C(Br)CNc1cc(C)cc(Br)c1. The van der Waals surface area contributed by atoms with Gasteiger partial charge in [-0.15, -0.1) is 0 Å². The normalized spacial score (nSPS) is 12.0. The standard InChI is InChI=1S/C11H13Br2NO2/c1-7-3-8(12)5-9(4-7)14-6-10(13)11(15)16-2/h3-5,10,14H,6H2,1-2H3. The van der Waals surface area contributed by atoms with Gasteiger partial charge in [0.1, 0.15) is 4.83 Å². The van der Waals surface area contributed by atoms with Gasteiger partial charge in [0.25, 0.3) is 0 Å². The zero-order chi connectivity index (χ0) is 12.1. The van der Waals surface area contributed by atoms with Gasteiger partial charge in [-0.25, -0.2) is 0 Å². The van der Waals surface area contributed by atoms with Gasteiger partial charge in [-0.3, -0.25) is 4.79 Å². The van der Waals surface area contributed by atoms with E-state index in [0.717, 1.165) is 15.7 Å². The van der Waals surface area contributed by atoms with E-state index < -0.39 is 0 Å². The van der Waals surface area contributed by atoms with Crippen LogP contribution in [-0.2, 0) is 9.53 Å². The van der Waals surface area contributed by atoms with Crippen molar-refractivity contribution >= 4 is 43.5 Å². The van der Waals surface area contributed by atoms with E-state index in [9.17, 15) is 4.79 Å². The average molecular weight is 351 g/mol. The van der Waals surface area contributed by atoms with Crippen LogP contribution in [0.1, 0.15) is 5.56 Å². The highest BCUT2D eigenvalue weighted by Crippen LogP contribution is 2.19. The summed E-state index contributed by atoms with van der Waals surface area (Å²) in [5.74, 6) is -0.279. The molecule has 0 bridgehead atoms. The van der Waals surface area contributed by atoms with Gasteiger partial charge >= 0.3 is 5.97 Å². The number of alkyl halides is 1. The maximum atomic E-state index is 11.1. The minimum Gasteiger partial charge on any atom is -0.468 e. The molecule has 0 aliphatic heterocycles. The molecule has 1 rings (SSSR count). The maximum Gasteiger partial charge on any atom is 0.321 e. The van der Waals surface area contributed by atoms with Crippen LogP contribution in [0.3, 0.4) is 0 Å². The first-order valence-electron chi connectivity index (χ1n) is 4.76. The zero-order valence-electron chi connectivity index (χ0n) is 9.09. The maximum absolute atomic E-state index is 11.1. The number of rotatable bonds is 4. The Morgan fingerprint density at radius 1 is 1.50 bits per heavy atom. The van der Waals surface area contributed by atoms with Crippen molar-refractivity contribution in [3.8, 4) is 0 Å². The first-order valence-corrected chi connectivity index (χ1v) is 6.46. The predicted molar refractivity (Wildman–Crippen MR) is 72.1 cm³/mol. The topological polar surface area (TPSA) is 38.3 Å². The van der Waals surface area contributed by atoms with Gasteiger partial charge in [0.15, 0.2) is 0 Å². The first-order chi connectivity index (χ1) is 7.52. The van der Waals surface area contributed by atoms with Crippen LogP contribution >= 0.6 is 31.9 Å². The summed E-state index contributed by atoms with van der Waals surface area (Å²) in [6.45, 7) is 2.50. The number of anilines is 1. The molecular weight excluding hydrogens is 338 g/mol. The van der Waals surface area contributed by atoms with Gasteiger partial charge < -0.3 is 10.1 Å². The summed E-state index contributed by atoms with van der Waals surface area (Å²) in [7, 11) is 1.37. The fourth-order valence-corrected chi connectivity index (χ4v) is 2.21. The van der Waals surface area contributed by atoms with Crippen LogP contribution in [0.25, 0.3) is 0 Å². The smallest absolute Gasteiger partial charge is 0.321 e. The highest BCUT2D eigenvalue weighted by molar-refractivity contribution is 9.10. The predicted octanol–water partition coefficient (Wildman–Crippen LogP) is 3.11. The Morgan fingerprint density at radius 2 is 2.19 bits per heavy atom. The van der Waals surface area contributed by atoms with E-state index in [0.29, 0.717) is 6.54 Å². The molecule has 0 heterocycles. The molecule has 1 atom stereocenters. The Bertz CT molecular complexity index is 362. The van der Waals surface area contributed by atoms with Gasteiger partial charge in [-0.1, -0.05) is 31.9 Å². The molecule has 0 aromatic heterocycles. The number of halogens is 2. The summed E-state index contributed by atoms with van der Waals surface area (Å²) in [6, 6.07) is 6.00. The van der Waals surface area contributed by atoms with Gasteiger partial charge in [-0.2, -0.15) is 0 Å². The Morgan fingerprint density at radius 3 is 2.75 bits per heavy atom. The molecule has 0 radical (unpaired) electrons. The fourth-order valence-electron chi connectivity index (χ4n) is 1.26. The van der Waals surface area contributed by atoms with E-state index in [-0.39, 0.29) is 10.8 Å². The molecule has 1 N–H and O–H groups in total. The lowest BCUT2D eigenvalue weighted by Crippen LogP contribution is -2.24. The second-order valence-corrected chi connectivity index (χ2v) is 5.41. The monoisotopic (exact) mass is 349 g/mol. The molecule has 1 unspecified atom stereocenters. The van der Waals surface area contributed by atoms with Gasteiger partial charge in [0.05, 0.1) is 7.11 Å². The number of carbonyl (C=O) groups is 1. The number of nitrogens with one attached hydrogen (secondary N) is 1. The minimum absolute atomic E-state index is 0.279. The molecule has 0 amide bonds. The van der Waals surface area contributed by atoms with Crippen molar-refractivity contribution in [1.29, 1.82) is 0 Å². The molecule has 3 nitrogen and oxygen atoms in total. The molecule has 0 aliphatic carbocycles. The molecule has 1 aromatic rings. The highest BCUT2D eigenvalue weighted by Gasteiger charge is 2.14. The number of aryl methyl sites for hydroxylation is 1. The number of methoxy groups -OCH3 is 1. The Kier molecular flexibility index (Phi) is 5.28. The Balaban J connectivity index is 2.57. The van der Waals surface area contributed by atoms with Crippen LogP contribution in [0.2, 0.25) is 0 Å². The minimum atomic E-state index is -0.336. The lowest BCUT2D eigenvalue weighted by atomic mass is 10.2. The molecule has 0 saturated carbocycles. The Hall–Kier alpha value is -0.550. The molecule has 0 aliphatic rings. The van der Waals surface area contributed by atoms with Crippen molar-refractivity contribution in [2.24, 2.45) is 0 Å². The average Bonchev–Trinajstić information content (AvgIpc) is 2.23. The van der Waals surface area contributed by atoms with Crippen LogP contribution in [0.4, 0.5) is 5.69 Å². The number of hydrogen-bond acceptors (Lipinski definition) is 3. The summed E-state index contributed by atoms with van der Waals surface area (Å²) < 4.78 is 5.63. The summed E-state index contributed by atoms with van der Waals surface area (Å²) >= 11 is 6.67. The molecule has 0 saturated heterocycles. The molecule has 1 aromatic carbocycles. The number of benzene rings is 1. The summed E-state index contributed by atoms with van der Waals surface area (Å²) in [4.78, 5) is 10.8. The lowest BCUT2D eigenvalue weighted by molar-refractivity contribution is -0.139. The van der Waals surface area contributed by atoms with E-state index in [1.165, 1.54) is 7.11 Å². The third-order valence-electron chi connectivity index (χ3n) is 1.98. The van der Waals surface area contributed by atoms with E-state index >= 15 is 0 Å². The van der Waals surface area contributed by atoms with Crippen molar-refractivity contribution in [2.45, 2.75) is 11.8 Å². The molecule has 88 valence electrons. The lowest BCUT2D eigenvalue weighted by Gasteiger charge is -2.11. The van der Waals surface area contributed by atoms with Crippen LogP contribution in [0, 0.1) is 6.92 Å². The van der Waals surface area contributed by atoms with Crippen molar-refractivity contribution < 1.29 is 9.53 Å². The van der Waals surface area contributed by atoms with Crippen LogP contribution in [0.5, 0.6) is 0 Å². The van der Waals surface area contributed by atoms with Crippen molar-refractivity contribution in [2.75, 3.05) is 19.0 Å². The van der Waals surface area contributed by atoms with Crippen LogP contribution in [-0.4, -0.2) is 24.5 Å². The number of esters is 1. The van der Waals surface area contributed by atoms with E-state index in [2.05, 4.69) is 41.9 Å². The van der Waals surface area contributed by atoms with E-state index in [1.54, 1.807) is 0 Å². The second kappa shape index (κ2) is 6.25. The molecule has 0 spiro atoms. The molecule has 5 heteroatoms. The third kappa shape index (κ3) is 4.14. The van der Waals surface area contributed by atoms with E-state index in [1.807, 2.05) is 25.1 Å². The molecular formula is C11H13Br2NO2. The number of ether oxygens (including phenoxy) is 1. The largest absolute Gasteiger partial charge is 0.468 e. The fraction of sp³-hybridized carbons (Fsp3) is 0.364. The van der Waals surface area contributed by atoms with Gasteiger partial charge in [-0.05, 0) is 30.7 Å². The van der Waals surface area contributed by atoms with Crippen LogP contribution < -0.4 is 5.32 Å².